The van der Waals surface area contributed by atoms with Crippen LogP contribution in [0, 0.1) is 10.1 Å². The number of non-ortho nitro benzene ring substituents is 1. The summed E-state index contributed by atoms with van der Waals surface area (Å²) in [5, 5.41) is 26.1. The molecule has 0 aliphatic carbocycles. The van der Waals surface area contributed by atoms with Crippen molar-refractivity contribution in [2.24, 2.45) is 7.05 Å². The fourth-order valence-corrected chi connectivity index (χ4v) is 1.87. The Morgan fingerprint density at radius 1 is 1.43 bits per heavy atom. The molecule has 0 saturated heterocycles. The number of carbonyl (C=O) groups excluding carboxylic acids is 1. The highest BCUT2D eigenvalue weighted by molar-refractivity contribution is 5.99. The Morgan fingerprint density at radius 2 is 2.10 bits per heavy atom. The number of amides is 1. The molecule has 0 spiro atoms. The van der Waals surface area contributed by atoms with Crippen molar-refractivity contribution in [3.8, 4) is 11.3 Å². The van der Waals surface area contributed by atoms with E-state index in [2.05, 4.69) is 10.4 Å². The number of rotatable bonds is 5. The predicted molar refractivity (Wildman–Crippen MR) is 74.7 cm³/mol. The topological polar surface area (TPSA) is 110 Å². The van der Waals surface area contributed by atoms with Crippen molar-refractivity contribution >= 4 is 11.6 Å². The van der Waals surface area contributed by atoms with Crippen molar-refractivity contribution in [3.05, 3.63) is 46.1 Å². The molecule has 1 aromatic carbocycles. The summed E-state index contributed by atoms with van der Waals surface area (Å²) >= 11 is 0. The zero-order valence-corrected chi connectivity index (χ0v) is 11.3. The number of hydrogen-bond acceptors (Lipinski definition) is 5. The van der Waals surface area contributed by atoms with Crippen LogP contribution in [0.3, 0.4) is 0 Å². The van der Waals surface area contributed by atoms with Gasteiger partial charge in [0, 0.05) is 37.5 Å². The molecule has 110 valence electrons. The van der Waals surface area contributed by atoms with E-state index in [0.29, 0.717) is 16.8 Å². The van der Waals surface area contributed by atoms with Gasteiger partial charge in [-0.25, -0.2) is 0 Å². The molecule has 0 aliphatic rings. The third kappa shape index (κ3) is 3.23. The lowest BCUT2D eigenvalue weighted by Crippen LogP contribution is -2.26. The maximum absolute atomic E-state index is 12.0. The number of nitro groups is 1. The first-order valence-electron chi connectivity index (χ1n) is 6.20. The lowest BCUT2D eigenvalue weighted by Gasteiger charge is -2.03. The summed E-state index contributed by atoms with van der Waals surface area (Å²) in [4.78, 5) is 22.2. The fraction of sp³-hybridized carbons (Fsp3) is 0.231. The van der Waals surface area contributed by atoms with Crippen molar-refractivity contribution in [3.63, 3.8) is 0 Å². The molecule has 0 atom stereocenters. The third-order valence-corrected chi connectivity index (χ3v) is 2.82. The van der Waals surface area contributed by atoms with Crippen LogP contribution in [0.5, 0.6) is 0 Å². The van der Waals surface area contributed by atoms with Gasteiger partial charge in [0.2, 0.25) is 0 Å². The van der Waals surface area contributed by atoms with E-state index in [1.807, 2.05) is 0 Å². The van der Waals surface area contributed by atoms with E-state index in [1.54, 1.807) is 25.4 Å². The highest BCUT2D eigenvalue weighted by Crippen LogP contribution is 2.24. The lowest BCUT2D eigenvalue weighted by molar-refractivity contribution is -0.384. The van der Waals surface area contributed by atoms with Crippen molar-refractivity contribution in [2.45, 2.75) is 0 Å². The van der Waals surface area contributed by atoms with Gasteiger partial charge in [0.1, 0.15) is 5.69 Å². The van der Waals surface area contributed by atoms with E-state index < -0.39 is 4.92 Å². The van der Waals surface area contributed by atoms with E-state index >= 15 is 0 Å². The van der Waals surface area contributed by atoms with E-state index in [1.165, 1.54) is 16.8 Å². The Hall–Kier alpha value is -2.74. The summed E-state index contributed by atoms with van der Waals surface area (Å²) < 4.78 is 1.49. The molecule has 8 nitrogen and oxygen atoms in total. The molecule has 0 aliphatic heterocycles. The Labute approximate surface area is 120 Å². The van der Waals surface area contributed by atoms with Crippen LogP contribution in [0.2, 0.25) is 0 Å². The monoisotopic (exact) mass is 290 g/mol. The van der Waals surface area contributed by atoms with Gasteiger partial charge >= 0.3 is 0 Å². The molecule has 1 heterocycles. The lowest BCUT2D eigenvalue weighted by atomic mass is 10.1. The second-order valence-electron chi connectivity index (χ2n) is 4.35. The Kier molecular flexibility index (Phi) is 4.29. The maximum Gasteiger partial charge on any atom is 0.269 e. The zero-order chi connectivity index (χ0) is 15.4. The standard InChI is InChI=1S/C13H14N4O4/c1-16-8-11(13(19)14-6-7-18)12(15-16)9-2-4-10(5-3-9)17(20)21/h2-5,8,18H,6-7H2,1H3,(H,14,19). The number of nitrogens with one attached hydrogen (secondary N) is 1. The number of aromatic nitrogens is 2. The zero-order valence-electron chi connectivity index (χ0n) is 11.3. The van der Waals surface area contributed by atoms with Gasteiger partial charge in [-0.15, -0.1) is 0 Å². The average molecular weight is 290 g/mol. The number of aliphatic hydroxyl groups excluding tert-OH is 1. The van der Waals surface area contributed by atoms with Gasteiger partial charge in [0.15, 0.2) is 0 Å². The van der Waals surface area contributed by atoms with Gasteiger partial charge in [-0.05, 0) is 12.1 Å². The predicted octanol–water partition coefficient (Wildman–Crippen LogP) is 0.717. The van der Waals surface area contributed by atoms with Gasteiger partial charge in [-0.2, -0.15) is 5.10 Å². The summed E-state index contributed by atoms with van der Waals surface area (Å²) in [5.74, 6) is -0.356. The molecule has 8 heteroatoms. The van der Waals surface area contributed by atoms with Gasteiger partial charge in [0.25, 0.3) is 11.6 Å². The van der Waals surface area contributed by atoms with Crippen molar-refractivity contribution in [1.29, 1.82) is 0 Å². The molecule has 2 rings (SSSR count). The number of benzene rings is 1. The van der Waals surface area contributed by atoms with E-state index in [9.17, 15) is 14.9 Å². The molecule has 21 heavy (non-hydrogen) atoms. The molecular formula is C13H14N4O4. The SMILES string of the molecule is Cn1cc(C(=O)NCCO)c(-c2ccc([N+](=O)[O-])cc2)n1. The summed E-state index contributed by atoms with van der Waals surface area (Å²) in [5.41, 5.74) is 1.36. The molecule has 0 saturated carbocycles. The minimum absolute atomic E-state index is 0.0269. The molecule has 1 amide bonds. The van der Waals surface area contributed by atoms with Crippen LogP contribution in [0.15, 0.2) is 30.5 Å². The maximum atomic E-state index is 12.0. The number of hydrogen-bond donors (Lipinski definition) is 2. The van der Waals surface area contributed by atoms with Crippen molar-refractivity contribution < 1.29 is 14.8 Å². The average Bonchev–Trinajstić information content (AvgIpc) is 2.87. The molecule has 0 unspecified atom stereocenters. The molecule has 1 aromatic heterocycles. The Balaban J connectivity index is 2.35. The molecule has 0 bridgehead atoms. The second kappa shape index (κ2) is 6.14. The second-order valence-corrected chi connectivity index (χ2v) is 4.35. The van der Waals surface area contributed by atoms with Crippen LogP contribution in [-0.2, 0) is 7.05 Å². The number of nitro benzene ring substituents is 1. The fourth-order valence-electron chi connectivity index (χ4n) is 1.87. The highest BCUT2D eigenvalue weighted by Gasteiger charge is 2.17. The van der Waals surface area contributed by atoms with Gasteiger partial charge in [0.05, 0.1) is 17.1 Å². The van der Waals surface area contributed by atoms with Crippen molar-refractivity contribution in [2.75, 3.05) is 13.2 Å². The largest absolute Gasteiger partial charge is 0.395 e. The molecule has 0 fully saturated rings. The minimum atomic E-state index is -0.489. The summed E-state index contributed by atoms with van der Waals surface area (Å²) in [7, 11) is 1.68. The molecule has 0 radical (unpaired) electrons. The number of nitrogens with zero attached hydrogens (tertiary/aromatic N) is 3. The highest BCUT2D eigenvalue weighted by atomic mass is 16.6. The van der Waals surface area contributed by atoms with Crippen LogP contribution in [0.25, 0.3) is 11.3 Å². The van der Waals surface area contributed by atoms with Crippen LogP contribution in [0.1, 0.15) is 10.4 Å². The van der Waals surface area contributed by atoms with Crippen LogP contribution < -0.4 is 5.32 Å². The van der Waals surface area contributed by atoms with Crippen LogP contribution in [-0.4, -0.2) is 38.9 Å². The molecular weight excluding hydrogens is 276 g/mol. The summed E-state index contributed by atoms with van der Waals surface area (Å²) in [6, 6.07) is 5.81. The normalized spacial score (nSPS) is 10.4. The van der Waals surface area contributed by atoms with E-state index in [4.69, 9.17) is 5.11 Å². The summed E-state index contributed by atoms with van der Waals surface area (Å²) in [6.07, 6.45) is 1.56. The van der Waals surface area contributed by atoms with E-state index in [-0.39, 0.29) is 24.7 Å². The van der Waals surface area contributed by atoms with Crippen molar-refractivity contribution in [1.82, 2.24) is 15.1 Å². The van der Waals surface area contributed by atoms with Crippen LogP contribution in [0.4, 0.5) is 5.69 Å². The first kappa shape index (κ1) is 14.7. The molecule has 2 aromatic rings. The van der Waals surface area contributed by atoms with Crippen LogP contribution >= 0.6 is 0 Å². The smallest absolute Gasteiger partial charge is 0.269 e. The van der Waals surface area contributed by atoms with Gasteiger partial charge in [-0.3, -0.25) is 19.6 Å². The summed E-state index contributed by atoms with van der Waals surface area (Å²) in [6.45, 7) is -0.00764. The number of aryl methyl sites for hydroxylation is 1. The first-order valence-corrected chi connectivity index (χ1v) is 6.20. The molecule has 2 N–H and O–H groups in total. The Morgan fingerprint density at radius 3 is 2.67 bits per heavy atom. The Bertz CT molecular complexity index is 663. The van der Waals surface area contributed by atoms with Gasteiger partial charge in [-0.1, -0.05) is 0 Å². The number of aliphatic hydroxyl groups is 1. The number of carbonyl (C=O) groups is 1. The third-order valence-electron chi connectivity index (χ3n) is 2.82. The first-order chi connectivity index (χ1) is 10.0. The van der Waals surface area contributed by atoms with Gasteiger partial charge < -0.3 is 10.4 Å². The quantitative estimate of drug-likeness (QED) is 0.622. The minimum Gasteiger partial charge on any atom is -0.395 e. The van der Waals surface area contributed by atoms with E-state index in [0.717, 1.165) is 0 Å².